The van der Waals surface area contributed by atoms with E-state index in [-0.39, 0.29) is 6.04 Å². The van der Waals surface area contributed by atoms with Crippen LogP contribution in [-0.4, -0.2) is 13.7 Å². The Labute approximate surface area is 200 Å². The highest BCUT2D eigenvalue weighted by molar-refractivity contribution is 5.99. The molecule has 0 radical (unpaired) electrons. The van der Waals surface area contributed by atoms with Crippen LogP contribution in [0.3, 0.4) is 0 Å². The third kappa shape index (κ3) is 2.94. The van der Waals surface area contributed by atoms with Gasteiger partial charge in [0.15, 0.2) is 0 Å². The molecule has 35 heavy (non-hydrogen) atoms. The van der Waals surface area contributed by atoms with Gasteiger partial charge >= 0.3 is 5.69 Å². The predicted octanol–water partition coefficient (Wildman–Crippen LogP) is 4.66. The number of rotatable bonds is 2. The number of benzene rings is 3. The van der Waals surface area contributed by atoms with Crippen molar-refractivity contribution in [1.82, 2.24) is 13.7 Å². The number of nitrogens with zero attached hydrogens (tertiary/aromatic N) is 3. The molecule has 0 bridgehead atoms. The fourth-order valence-electron chi connectivity index (χ4n) is 5.13. The van der Waals surface area contributed by atoms with E-state index in [1.165, 1.54) is 17.7 Å². The van der Waals surface area contributed by atoms with Gasteiger partial charge in [-0.15, -0.1) is 0 Å². The van der Waals surface area contributed by atoms with Gasteiger partial charge in [-0.05, 0) is 36.8 Å². The summed E-state index contributed by atoms with van der Waals surface area (Å²) in [6, 6.07) is 21.9. The molecule has 0 amide bonds. The molecule has 2 aromatic heterocycles. The van der Waals surface area contributed by atoms with Crippen LogP contribution in [-0.2, 0) is 14.1 Å². The standard InChI is InChI=1S/C28H23FN4O2/c1-16-12-14-17(15-13-16)23-26-25-22(27(34)32(3)28(35)31(25)2)24(18-8-4-5-9-19(18)29)33(26)21-11-7-6-10-20(21)30-23/h4-15,23,30H,1-3H3/t23-/m0/s1. The first kappa shape index (κ1) is 21.2. The quantitative estimate of drug-likeness (QED) is 0.412. The van der Waals surface area contributed by atoms with E-state index >= 15 is 4.39 Å². The Bertz CT molecular complexity index is 1760. The van der Waals surface area contributed by atoms with E-state index in [9.17, 15) is 9.59 Å². The number of hydrogen-bond acceptors (Lipinski definition) is 3. The van der Waals surface area contributed by atoms with Crippen LogP contribution in [0, 0.1) is 12.7 Å². The summed E-state index contributed by atoms with van der Waals surface area (Å²) in [4.78, 5) is 26.7. The van der Waals surface area contributed by atoms with Gasteiger partial charge in [0.1, 0.15) is 5.82 Å². The normalized spacial score (nSPS) is 14.5. The molecule has 0 aliphatic carbocycles. The molecular weight excluding hydrogens is 443 g/mol. The average Bonchev–Trinajstić information content (AvgIpc) is 3.23. The SMILES string of the molecule is Cc1ccc([C@@H]2Nc3ccccc3-n3c(-c4ccccc4F)c4c(=O)n(C)c(=O)n(C)c4c32)cc1. The van der Waals surface area contributed by atoms with Gasteiger partial charge in [-0.2, -0.15) is 0 Å². The second-order valence-electron chi connectivity index (χ2n) is 8.98. The van der Waals surface area contributed by atoms with Gasteiger partial charge in [0, 0.05) is 19.7 Å². The molecule has 3 aromatic carbocycles. The molecule has 0 fully saturated rings. The number of aryl methyl sites for hydroxylation is 2. The molecule has 1 aliphatic rings. The van der Waals surface area contributed by atoms with Crippen molar-refractivity contribution in [1.29, 1.82) is 0 Å². The largest absolute Gasteiger partial charge is 0.371 e. The van der Waals surface area contributed by atoms with Crippen molar-refractivity contribution in [2.24, 2.45) is 14.1 Å². The van der Waals surface area contributed by atoms with Gasteiger partial charge in [0.25, 0.3) is 5.56 Å². The molecule has 3 heterocycles. The lowest BCUT2D eigenvalue weighted by Gasteiger charge is -2.31. The lowest BCUT2D eigenvalue weighted by Crippen LogP contribution is -2.37. The van der Waals surface area contributed by atoms with Crippen LogP contribution < -0.4 is 16.6 Å². The number of anilines is 1. The maximum Gasteiger partial charge on any atom is 0.331 e. The number of para-hydroxylation sites is 2. The highest BCUT2D eigenvalue weighted by Gasteiger charge is 2.35. The topological polar surface area (TPSA) is 61.0 Å². The molecule has 0 saturated carbocycles. The molecule has 5 aromatic rings. The van der Waals surface area contributed by atoms with Gasteiger partial charge in [0.05, 0.1) is 39.7 Å². The number of aromatic nitrogens is 3. The Morgan fingerprint density at radius 1 is 0.857 bits per heavy atom. The first-order valence-electron chi connectivity index (χ1n) is 11.4. The first-order chi connectivity index (χ1) is 16.9. The predicted molar refractivity (Wildman–Crippen MR) is 136 cm³/mol. The molecular formula is C28H23FN4O2. The highest BCUT2D eigenvalue weighted by atomic mass is 19.1. The van der Waals surface area contributed by atoms with Gasteiger partial charge in [-0.3, -0.25) is 13.9 Å². The minimum Gasteiger partial charge on any atom is -0.371 e. The summed E-state index contributed by atoms with van der Waals surface area (Å²) in [6.07, 6.45) is 0. The second kappa shape index (κ2) is 7.56. The number of halogens is 1. The smallest absolute Gasteiger partial charge is 0.331 e. The minimum absolute atomic E-state index is 0.304. The Kier molecular flexibility index (Phi) is 4.57. The van der Waals surface area contributed by atoms with E-state index in [2.05, 4.69) is 5.32 Å². The lowest BCUT2D eigenvalue weighted by atomic mass is 9.98. The maximum absolute atomic E-state index is 15.3. The van der Waals surface area contributed by atoms with Crippen molar-refractivity contribution in [3.8, 4) is 16.9 Å². The van der Waals surface area contributed by atoms with Crippen LogP contribution in [0.4, 0.5) is 10.1 Å². The second-order valence-corrected chi connectivity index (χ2v) is 8.98. The summed E-state index contributed by atoms with van der Waals surface area (Å²) in [6.45, 7) is 2.02. The molecule has 174 valence electrons. The Hall–Kier alpha value is -4.39. The Morgan fingerprint density at radius 2 is 1.54 bits per heavy atom. The van der Waals surface area contributed by atoms with Gasteiger partial charge < -0.3 is 9.88 Å². The summed E-state index contributed by atoms with van der Waals surface area (Å²) < 4.78 is 19.8. The summed E-state index contributed by atoms with van der Waals surface area (Å²) in [7, 11) is 3.11. The van der Waals surface area contributed by atoms with Crippen molar-refractivity contribution >= 4 is 16.6 Å². The van der Waals surface area contributed by atoms with Crippen molar-refractivity contribution in [3.63, 3.8) is 0 Å². The minimum atomic E-state index is -0.455. The molecule has 0 spiro atoms. The molecule has 1 aliphatic heterocycles. The highest BCUT2D eigenvalue weighted by Crippen LogP contribution is 2.45. The van der Waals surface area contributed by atoms with Gasteiger partial charge in [0.2, 0.25) is 0 Å². The maximum atomic E-state index is 15.3. The summed E-state index contributed by atoms with van der Waals surface area (Å²) in [5, 5.41) is 3.91. The average molecular weight is 467 g/mol. The molecule has 6 rings (SSSR count). The number of nitrogens with one attached hydrogen (secondary N) is 1. The van der Waals surface area contributed by atoms with Crippen LogP contribution in [0.15, 0.2) is 82.4 Å². The first-order valence-corrected chi connectivity index (χ1v) is 11.4. The number of hydrogen-bond donors (Lipinski definition) is 1. The van der Waals surface area contributed by atoms with Crippen molar-refractivity contribution in [2.75, 3.05) is 5.32 Å². The lowest BCUT2D eigenvalue weighted by molar-refractivity contribution is 0.630. The third-order valence-electron chi connectivity index (χ3n) is 6.87. The summed E-state index contributed by atoms with van der Waals surface area (Å²) >= 11 is 0. The molecule has 6 nitrogen and oxygen atoms in total. The van der Waals surface area contributed by atoms with Crippen molar-refractivity contribution in [2.45, 2.75) is 13.0 Å². The van der Waals surface area contributed by atoms with Crippen LogP contribution >= 0.6 is 0 Å². The summed E-state index contributed by atoms with van der Waals surface area (Å²) in [5.41, 5.74) is 4.80. The zero-order valence-corrected chi connectivity index (χ0v) is 19.5. The van der Waals surface area contributed by atoms with E-state index < -0.39 is 17.1 Å². The van der Waals surface area contributed by atoms with Crippen molar-refractivity contribution in [3.05, 3.63) is 116 Å². The monoisotopic (exact) mass is 466 g/mol. The van der Waals surface area contributed by atoms with E-state index in [1.54, 1.807) is 25.2 Å². The zero-order chi connectivity index (χ0) is 24.4. The zero-order valence-electron chi connectivity index (χ0n) is 19.5. The Morgan fingerprint density at radius 3 is 2.29 bits per heavy atom. The van der Waals surface area contributed by atoms with Crippen LogP contribution in [0.25, 0.3) is 27.8 Å². The van der Waals surface area contributed by atoms with Crippen molar-refractivity contribution < 1.29 is 4.39 Å². The molecule has 1 N–H and O–H groups in total. The Balaban J connectivity index is 1.88. The molecule has 0 saturated heterocycles. The van der Waals surface area contributed by atoms with Gasteiger partial charge in [-0.1, -0.05) is 54.1 Å². The molecule has 1 atom stereocenters. The van der Waals surface area contributed by atoms with Gasteiger partial charge in [-0.25, -0.2) is 9.18 Å². The fraction of sp³-hybridized carbons (Fsp3) is 0.143. The fourth-order valence-corrected chi connectivity index (χ4v) is 5.13. The van der Waals surface area contributed by atoms with E-state index in [0.29, 0.717) is 22.2 Å². The summed E-state index contributed by atoms with van der Waals surface area (Å²) in [5.74, 6) is -0.437. The van der Waals surface area contributed by atoms with E-state index in [4.69, 9.17) is 0 Å². The number of fused-ring (bicyclic) bond motifs is 5. The molecule has 0 unspecified atom stereocenters. The van der Waals surface area contributed by atoms with E-state index in [0.717, 1.165) is 32.8 Å². The van der Waals surface area contributed by atoms with Crippen LogP contribution in [0.2, 0.25) is 0 Å². The third-order valence-corrected chi connectivity index (χ3v) is 6.87. The van der Waals surface area contributed by atoms with Crippen LogP contribution in [0.5, 0.6) is 0 Å². The molecule has 7 heteroatoms. The van der Waals surface area contributed by atoms with Crippen LogP contribution in [0.1, 0.15) is 22.9 Å². The van der Waals surface area contributed by atoms with E-state index in [1.807, 2.05) is 60.0 Å².